The largest absolute Gasteiger partial charge is 0.455 e. The van der Waals surface area contributed by atoms with Gasteiger partial charge in [0.15, 0.2) is 17.2 Å². The Labute approximate surface area is 186 Å². The summed E-state index contributed by atoms with van der Waals surface area (Å²) >= 11 is 12.7. The first-order valence-corrected chi connectivity index (χ1v) is 10.0. The fourth-order valence-corrected chi connectivity index (χ4v) is 4.03. The molecule has 29 heavy (non-hydrogen) atoms. The van der Waals surface area contributed by atoms with Crippen molar-refractivity contribution in [1.29, 1.82) is 0 Å². The third-order valence-corrected chi connectivity index (χ3v) is 5.36. The first-order chi connectivity index (χ1) is 13.8. The molecule has 0 unspecified atom stereocenters. The zero-order chi connectivity index (χ0) is 20.7. The number of fused-ring (bicyclic) bond motifs is 2. The van der Waals surface area contributed by atoms with Crippen LogP contribution in [0.5, 0.6) is 23.0 Å². The number of hydrogen-bond acceptors (Lipinski definition) is 5. The fourth-order valence-electron chi connectivity index (χ4n) is 2.73. The highest BCUT2D eigenvalue weighted by Gasteiger charge is 2.29. The molecule has 146 valence electrons. The predicted octanol–water partition coefficient (Wildman–Crippen LogP) is 6.92. The van der Waals surface area contributed by atoms with Gasteiger partial charge in [-0.05, 0) is 52.3 Å². The van der Waals surface area contributed by atoms with Crippen molar-refractivity contribution in [2.24, 2.45) is 0 Å². The molecule has 1 N–H and O–H groups in total. The Morgan fingerprint density at radius 1 is 1.03 bits per heavy atom. The number of non-ortho nitro benzene ring substituents is 1. The Balaban J connectivity index is 1.87. The molecule has 0 spiro atoms. The number of nitrogens with one attached hydrogen (secondary N) is 1. The summed E-state index contributed by atoms with van der Waals surface area (Å²) in [5.74, 6) is 0.111. The van der Waals surface area contributed by atoms with E-state index < -0.39 is 10.8 Å². The van der Waals surface area contributed by atoms with E-state index in [-0.39, 0.29) is 22.7 Å². The highest BCUT2D eigenvalue weighted by Crippen LogP contribution is 2.44. The van der Waals surface area contributed by atoms with Crippen LogP contribution in [-0.2, 0) is 0 Å². The molecule has 4 rings (SSSR count). The normalized spacial score (nSPS) is 12.2. The van der Waals surface area contributed by atoms with E-state index in [4.69, 9.17) is 21.1 Å². The van der Waals surface area contributed by atoms with Gasteiger partial charge in [-0.25, -0.2) is 0 Å². The van der Waals surface area contributed by atoms with Gasteiger partial charge in [0.1, 0.15) is 11.3 Å². The van der Waals surface area contributed by atoms with Crippen molar-refractivity contribution in [1.82, 2.24) is 0 Å². The molecule has 0 saturated carbocycles. The Bertz CT molecular complexity index is 1190. The monoisotopic (exact) mass is 538 g/mol. The molecule has 3 aromatic rings. The number of nitro groups is 1. The number of nitrogens with zero attached hydrogens (tertiary/aromatic N) is 1. The van der Waals surface area contributed by atoms with E-state index in [1.54, 1.807) is 30.3 Å². The van der Waals surface area contributed by atoms with Gasteiger partial charge in [-0.1, -0.05) is 27.5 Å². The molecule has 0 radical (unpaired) electrons. The highest BCUT2D eigenvalue weighted by atomic mass is 79.9. The van der Waals surface area contributed by atoms with E-state index >= 15 is 0 Å². The van der Waals surface area contributed by atoms with Crippen LogP contribution in [0.15, 0.2) is 57.5 Å². The number of rotatable bonds is 3. The van der Waals surface area contributed by atoms with Crippen LogP contribution in [0.1, 0.15) is 10.4 Å². The number of halogens is 3. The van der Waals surface area contributed by atoms with Gasteiger partial charge in [0.05, 0.1) is 27.2 Å². The Kier molecular flexibility index (Phi) is 5.20. The molecule has 0 fully saturated rings. The van der Waals surface area contributed by atoms with Crippen LogP contribution in [0.25, 0.3) is 0 Å². The van der Waals surface area contributed by atoms with Crippen LogP contribution < -0.4 is 14.8 Å². The number of benzene rings is 3. The molecule has 0 saturated heterocycles. The second kappa shape index (κ2) is 7.66. The summed E-state index contributed by atoms with van der Waals surface area (Å²) in [4.78, 5) is 23.7. The first kappa shape index (κ1) is 19.7. The number of anilines is 1. The van der Waals surface area contributed by atoms with E-state index in [1.165, 1.54) is 18.2 Å². The van der Waals surface area contributed by atoms with E-state index in [9.17, 15) is 14.9 Å². The molecule has 0 aliphatic carbocycles. The van der Waals surface area contributed by atoms with Gasteiger partial charge in [0.25, 0.3) is 11.6 Å². The number of hydrogen-bond donors (Lipinski definition) is 1. The Morgan fingerprint density at radius 2 is 1.83 bits per heavy atom. The Hall–Kier alpha value is -2.62. The zero-order valence-electron chi connectivity index (χ0n) is 14.2. The maximum Gasteiger partial charge on any atom is 0.276 e. The minimum absolute atomic E-state index is 0.000932. The summed E-state index contributed by atoms with van der Waals surface area (Å²) in [6.45, 7) is 0. The molecule has 1 heterocycles. The van der Waals surface area contributed by atoms with Crippen molar-refractivity contribution < 1.29 is 19.2 Å². The molecule has 10 heteroatoms. The van der Waals surface area contributed by atoms with Crippen molar-refractivity contribution in [2.75, 3.05) is 5.32 Å². The van der Waals surface area contributed by atoms with E-state index in [2.05, 4.69) is 37.2 Å². The lowest BCUT2D eigenvalue weighted by atomic mass is 10.1. The molecule has 0 atom stereocenters. The van der Waals surface area contributed by atoms with Gasteiger partial charge in [-0.2, -0.15) is 0 Å². The van der Waals surface area contributed by atoms with Crippen LogP contribution in [-0.4, -0.2) is 10.8 Å². The standard InChI is InChI=1S/C19H9Br2ClN2O5/c20-9-1-3-14(12(21)5-9)28-16-7-11(24(26)27)8-17-18(16)19(25)23-13-6-10(22)2-4-15(13)29-17/h1-8H,(H,23,25). The number of amides is 1. The van der Waals surface area contributed by atoms with Crippen molar-refractivity contribution in [3.8, 4) is 23.0 Å². The third kappa shape index (κ3) is 3.93. The van der Waals surface area contributed by atoms with E-state index in [1.807, 2.05) is 0 Å². The van der Waals surface area contributed by atoms with Gasteiger partial charge in [0, 0.05) is 9.50 Å². The third-order valence-electron chi connectivity index (χ3n) is 4.01. The average Bonchev–Trinajstić information content (AvgIpc) is 2.79. The summed E-state index contributed by atoms with van der Waals surface area (Å²) in [7, 11) is 0. The SMILES string of the molecule is O=C1Nc2cc(Cl)ccc2Oc2cc([N+](=O)[O-])cc(Oc3ccc(Br)cc3Br)c21. The molecule has 0 bridgehead atoms. The van der Waals surface area contributed by atoms with Gasteiger partial charge >= 0.3 is 0 Å². The minimum atomic E-state index is -0.585. The number of carbonyl (C=O) groups excluding carboxylic acids is 1. The van der Waals surface area contributed by atoms with Gasteiger partial charge in [-0.15, -0.1) is 0 Å². The van der Waals surface area contributed by atoms with Crippen molar-refractivity contribution in [2.45, 2.75) is 0 Å². The van der Waals surface area contributed by atoms with E-state index in [0.29, 0.717) is 26.7 Å². The average molecular weight is 541 g/mol. The molecule has 1 amide bonds. The van der Waals surface area contributed by atoms with Crippen molar-refractivity contribution >= 4 is 60.7 Å². The van der Waals surface area contributed by atoms with Gasteiger partial charge in [0.2, 0.25) is 0 Å². The molecule has 0 aromatic heterocycles. The topological polar surface area (TPSA) is 90.7 Å². The molecular formula is C19H9Br2ClN2O5. The second-order valence-electron chi connectivity index (χ2n) is 5.95. The van der Waals surface area contributed by atoms with Crippen LogP contribution in [0.3, 0.4) is 0 Å². The first-order valence-electron chi connectivity index (χ1n) is 8.06. The molecule has 3 aromatic carbocycles. The predicted molar refractivity (Wildman–Crippen MR) is 114 cm³/mol. The molecular weight excluding hydrogens is 531 g/mol. The number of nitro benzene ring substituents is 1. The minimum Gasteiger partial charge on any atom is -0.455 e. The van der Waals surface area contributed by atoms with E-state index in [0.717, 1.165) is 4.47 Å². The summed E-state index contributed by atoms with van der Waals surface area (Å²) in [5, 5.41) is 14.5. The molecule has 7 nitrogen and oxygen atoms in total. The highest BCUT2D eigenvalue weighted by molar-refractivity contribution is 9.11. The number of ether oxygens (including phenoxy) is 2. The van der Waals surface area contributed by atoms with Crippen molar-refractivity contribution in [3.63, 3.8) is 0 Å². The lowest BCUT2D eigenvalue weighted by Gasteiger charge is -2.13. The fraction of sp³-hybridized carbons (Fsp3) is 0. The number of carbonyl (C=O) groups is 1. The lowest BCUT2D eigenvalue weighted by Crippen LogP contribution is -2.12. The van der Waals surface area contributed by atoms with Crippen LogP contribution >= 0.6 is 43.5 Å². The molecule has 1 aliphatic rings. The summed E-state index contributed by atoms with van der Waals surface area (Å²) in [6.07, 6.45) is 0. The van der Waals surface area contributed by atoms with Crippen LogP contribution in [0.4, 0.5) is 11.4 Å². The maximum absolute atomic E-state index is 12.9. The lowest BCUT2D eigenvalue weighted by molar-refractivity contribution is -0.385. The van der Waals surface area contributed by atoms with Crippen molar-refractivity contribution in [3.05, 3.63) is 78.2 Å². The second-order valence-corrected chi connectivity index (χ2v) is 8.15. The maximum atomic E-state index is 12.9. The van der Waals surface area contributed by atoms with Gasteiger partial charge in [-0.3, -0.25) is 14.9 Å². The van der Waals surface area contributed by atoms with Crippen LogP contribution in [0, 0.1) is 10.1 Å². The summed E-state index contributed by atoms with van der Waals surface area (Å²) in [5.41, 5.74) is 0.0899. The zero-order valence-corrected chi connectivity index (χ0v) is 18.2. The Morgan fingerprint density at radius 3 is 2.55 bits per heavy atom. The quantitative estimate of drug-likeness (QED) is 0.288. The molecule has 1 aliphatic heterocycles. The van der Waals surface area contributed by atoms with Crippen LogP contribution in [0.2, 0.25) is 5.02 Å². The smallest absolute Gasteiger partial charge is 0.276 e. The van der Waals surface area contributed by atoms with Gasteiger partial charge < -0.3 is 14.8 Å². The summed E-state index contributed by atoms with van der Waals surface area (Å²) < 4.78 is 13.1. The summed E-state index contributed by atoms with van der Waals surface area (Å²) in [6, 6.07) is 12.2.